The molecular formula is C11H23NO. The standard InChI is InChI=1S/C11H23NO/c1-4-11(13-3)9-12-7-5-6-10(2)8-12/h10-11H,4-9H2,1-3H3. The van der Waals surface area contributed by atoms with E-state index in [2.05, 4.69) is 18.7 Å². The van der Waals surface area contributed by atoms with E-state index < -0.39 is 0 Å². The summed E-state index contributed by atoms with van der Waals surface area (Å²) >= 11 is 0. The second kappa shape index (κ2) is 5.61. The van der Waals surface area contributed by atoms with Crippen LogP contribution in [0, 0.1) is 5.92 Å². The van der Waals surface area contributed by atoms with Crippen molar-refractivity contribution in [3.63, 3.8) is 0 Å². The maximum absolute atomic E-state index is 5.40. The Labute approximate surface area is 82.3 Å². The third kappa shape index (κ3) is 3.65. The highest BCUT2D eigenvalue weighted by atomic mass is 16.5. The summed E-state index contributed by atoms with van der Waals surface area (Å²) in [7, 11) is 1.82. The van der Waals surface area contributed by atoms with E-state index in [9.17, 15) is 0 Å². The van der Waals surface area contributed by atoms with Crippen LogP contribution in [0.15, 0.2) is 0 Å². The van der Waals surface area contributed by atoms with Crippen molar-refractivity contribution in [1.82, 2.24) is 4.90 Å². The minimum Gasteiger partial charge on any atom is -0.380 e. The summed E-state index contributed by atoms with van der Waals surface area (Å²) in [6, 6.07) is 0. The summed E-state index contributed by atoms with van der Waals surface area (Å²) in [6.45, 7) is 8.20. The average Bonchev–Trinajstić information content (AvgIpc) is 2.14. The van der Waals surface area contributed by atoms with Crippen molar-refractivity contribution >= 4 is 0 Å². The van der Waals surface area contributed by atoms with E-state index in [1.807, 2.05) is 7.11 Å². The summed E-state index contributed by atoms with van der Waals surface area (Å²) < 4.78 is 5.40. The van der Waals surface area contributed by atoms with Crippen LogP contribution in [0.5, 0.6) is 0 Å². The number of hydrogen-bond donors (Lipinski definition) is 0. The third-order valence-electron chi connectivity index (χ3n) is 2.99. The molecule has 0 aromatic carbocycles. The Kier molecular flexibility index (Phi) is 4.74. The molecule has 1 rings (SSSR count). The maximum atomic E-state index is 5.40. The van der Waals surface area contributed by atoms with Crippen LogP contribution in [-0.4, -0.2) is 37.7 Å². The average molecular weight is 185 g/mol. The topological polar surface area (TPSA) is 12.5 Å². The zero-order valence-electron chi connectivity index (χ0n) is 9.25. The van der Waals surface area contributed by atoms with Crippen LogP contribution in [0.1, 0.15) is 33.1 Å². The van der Waals surface area contributed by atoms with E-state index in [4.69, 9.17) is 4.74 Å². The first kappa shape index (κ1) is 11.0. The minimum absolute atomic E-state index is 0.435. The van der Waals surface area contributed by atoms with Crippen LogP contribution >= 0.6 is 0 Å². The van der Waals surface area contributed by atoms with Crippen LogP contribution in [0.25, 0.3) is 0 Å². The summed E-state index contributed by atoms with van der Waals surface area (Å²) in [5.41, 5.74) is 0. The highest BCUT2D eigenvalue weighted by Crippen LogP contribution is 2.16. The zero-order chi connectivity index (χ0) is 9.68. The van der Waals surface area contributed by atoms with Crippen LogP contribution in [0.4, 0.5) is 0 Å². The fourth-order valence-corrected chi connectivity index (χ4v) is 2.11. The summed E-state index contributed by atoms with van der Waals surface area (Å²) in [4.78, 5) is 2.55. The van der Waals surface area contributed by atoms with Gasteiger partial charge in [-0.15, -0.1) is 0 Å². The molecular weight excluding hydrogens is 162 g/mol. The van der Waals surface area contributed by atoms with Gasteiger partial charge in [0.25, 0.3) is 0 Å². The summed E-state index contributed by atoms with van der Waals surface area (Å²) in [5.74, 6) is 0.878. The summed E-state index contributed by atoms with van der Waals surface area (Å²) in [6.07, 6.45) is 4.33. The second-order valence-electron chi connectivity index (χ2n) is 4.27. The van der Waals surface area contributed by atoms with Gasteiger partial charge in [-0.1, -0.05) is 13.8 Å². The fourth-order valence-electron chi connectivity index (χ4n) is 2.11. The number of rotatable bonds is 4. The van der Waals surface area contributed by atoms with Crippen molar-refractivity contribution < 1.29 is 4.74 Å². The molecule has 78 valence electrons. The third-order valence-corrected chi connectivity index (χ3v) is 2.99. The van der Waals surface area contributed by atoms with Gasteiger partial charge in [-0.3, -0.25) is 0 Å². The highest BCUT2D eigenvalue weighted by molar-refractivity contribution is 4.72. The van der Waals surface area contributed by atoms with Crippen molar-refractivity contribution in [3.8, 4) is 0 Å². The quantitative estimate of drug-likeness (QED) is 0.665. The van der Waals surface area contributed by atoms with Crippen LogP contribution in [0.3, 0.4) is 0 Å². The number of nitrogens with zero attached hydrogens (tertiary/aromatic N) is 1. The molecule has 0 N–H and O–H groups in total. The molecule has 2 heteroatoms. The Hall–Kier alpha value is -0.0800. The van der Waals surface area contributed by atoms with E-state index in [0.29, 0.717) is 6.10 Å². The molecule has 0 aliphatic carbocycles. The largest absolute Gasteiger partial charge is 0.380 e. The SMILES string of the molecule is CCC(CN1CCCC(C)C1)OC. The van der Waals surface area contributed by atoms with Gasteiger partial charge in [0, 0.05) is 20.2 Å². The Balaban J connectivity index is 2.26. The van der Waals surface area contributed by atoms with Crippen molar-refractivity contribution in [2.45, 2.75) is 39.2 Å². The van der Waals surface area contributed by atoms with E-state index in [-0.39, 0.29) is 0 Å². The zero-order valence-corrected chi connectivity index (χ0v) is 9.25. The number of likely N-dealkylation sites (tertiary alicyclic amines) is 1. The first-order chi connectivity index (χ1) is 6.26. The Morgan fingerprint density at radius 2 is 2.31 bits per heavy atom. The maximum Gasteiger partial charge on any atom is 0.0695 e. The molecule has 2 unspecified atom stereocenters. The molecule has 1 aliphatic rings. The van der Waals surface area contributed by atoms with Gasteiger partial charge in [0.05, 0.1) is 6.10 Å². The Morgan fingerprint density at radius 1 is 1.54 bits per heavy atom. The van der Waals surface area contributed by atoms with Gasteiger partial charge < -0.3 is 9.64 Å². The molecule has 13 heavy (non-hydrogen) atoms. The minimum atomic E-state index is 0.435. The predicted octanol–water partition coefficient (Wildman–Crippen LogP) is 2.14. The van der Waals surface area contributed by atoms with Gasteiger partial charge in [-0.05, 0) is 31.7 Å². The molecule has 0 aromatic heterocycles. The van der Waals surface area contributed by atoms with E-state index in [1.165, 1.54) is 25.9 Å². The van der Waals surface area contributed by atoms with Crippen molar-refractivity contribution in [1.29, 1.82) is 0 Å². The molecule has 0 aromatic rings. The number of methoxy groups -OCH3 is 1. The molecule has 1 saturated heterocycles. The molecule has 0 saturated carbocycles. The number of ether oxygens (including phenoxy) is 1. The van der Waals surface area contributed by atoms with Crippen molar-refractivity contribution in [3.05, 3.63) is 0 Å². The Morgan fingerprint density at radius 3 is 2.85 bits per heavy atom. The molecule has 2 nitrogen and oxygen atoms in total. The lowest BCUT2D eigenvalue weighted by atomic mass is 10.00. The highest BCUT2D eigenvalue weighted by Gasteiger charge is 2.18. The lowest BCUT2D eigenvalue weighted by molar-refractivity contribution is 0.0477. The van der Waals surface area contributed by atoms with Crippen LogP contribution in [0.2, 0.25) is 0 Å². The van der Waals surface area contributed by atoms with Crippen LogP contribution in [-0.2, 0) is 4.74 Å². The molecule has 1 aliphatic heterocycles. The lowest BCUT2D eigenvalue weighted by Crippen LogP contribution is -2.39. The van der Waals surface area contributed by atoms with E-state index >= 15 is 0 Å². The van der Waals surface area contributed by atoms with Gasteiger partial charge >= 0.3 is 0 Å². The molecule has 0 radical (unpaired) electrons. The normalized spacial score (nSPS) is 27.5. The number of hydrogen-bond acceptors (Lipinski definition) is 2. The first-order valence-electron chi connectivity index (χ1n) is 5.51. The molecule has 0 amide bonds. The molecule has 1 fully saturated rings. The smallest absolute Gasteiger partial charge is 0.0695 e. The first-order valence-corrected chi connectivity index (χ1v) is 5.51. The molecule has 1 heterocycles. The predicted molar refractivity (Wildman–Crippen MR) is 55.9 cm³/mol. The lowest BCUT2D eigenvalue weighted by Gasteiger charge is -2.32. The van der Waals surface area contributed by atoms with Crippen molar-refractivity contribution in [2.75, 3.05) is 26.7 Å². The van der Waals surface area contributed by atoms with Crippen molar-refractivity contribution in [2.24, 2.45) is 5.92 Å². The van der Waals surface area contributed by atoms with Crippen LogP contribution < -0.4 is 0 Å². The molecule has 0 bridgehead atoms. The summed E-state index contributed by atoms with van der Waals surface area (Å²) in [5, 5.41) is 0. The van der Waals surface area contributed by atoms with E-state index in [0.717, 1.165) is 18.9 Å². The molecule has 2 atom stereocenters. The van der Waals surface area contributed by atoms with Gasteiger partial charge in [-0.25, -0.2) is 0 Å². The van der Waals surface area contributed by atoms with Gasteiger partial charge in [0.2, 0.25) is 0 Å². The monoisotopic (exact) mass is 185 g/mol. The van der Waals surface area contributed by atoms with Gasteiger partial charge in [0.1, 0.15) is 0 Å². The molecule has 0 spiro atoms. The second-order valence-corrected chi connectivity index (χ2v) is 4.27. The number of piperidine rings is 1. The fraction of sp³-hybridized carbons (Fsp3) is 1.00. The van der Waals surface area contributed by atoms with E-state index in [1.54, 1.807) is 0 Å². The van der Waals surface area contributed by atoms with Gasteiger partial charge in [-0.2, -0.15) is 0 Å². The van der Waals surface area contributed by atoms with Gasteiger partial charge in [0.15, 0.2) is 0 Å². The Bertz CT molecular complexity index is 134.